The summed E-state index contributed by atoms with van der Waals surface area (Å²) >= 11 is 0. The smallest absolute Gasteiger partial charge is 0.0525 e. The van der Waals surface area contributed by atoms with E-state index >= 15 is 0 Å². The van der Waals surface area contributed by atoms with Crippen molar-refractivity contribution in [2.75, 3.05) is 6.61 Å². The van der Waals surface area contributed by atoms with E-state index in [2.05, 4.69) is 44.7 Å². The van der Waals surface area contributed by atoms with Crippen molar-refractivity contribution in [2.45, 2.75) is 32.1 Å². The predicted octanol–water partition coefficient (Wildman–Crippen LogP) is 3.08. The normalized spacial score (nSPS) is 14.6. The van der Waals surface area contributed by atoms with E-state index in [1.54, 1.807) is 0 Å². The molecule has 1 aromatic rings. The third-order valence-electron chi connectivity index (χ3n) is 3.16. The number of hydrogen-bond acceptors (Lipinski definition) is 1. The summed E-state index contributed by atoms with van der Waals surface area (Å²) in [4.78, 5) is 0. The average molecular weight is 204 g/mol. The standard InChI is InChI=1S/C14H20O/c1-4-6-12-7-9-13(10-8-12)14(3,5-2)11-15/h4,7-10,15H,1,5-6,11H2,2-3H3. The first-order valence-electron chi connectivity index (χ1n) is 5.47. The van der Waals surface area contributed by atoms with E-state index in [9.17, 15) is 5.11 Å². The van der Waals surface area contributed by atoms with Gasteiger partial charge in [-0.2, -0.15) is 0 Å². The summed E-state index contributed by atoms with van der Waals surface area (Å²) in [6.07, 6.45) is 3.76. The van der Waals surface area contributed by atoms with Gasteiger partial charge in [-0.15, -0.1) is 6.58 Å². The second-order valence-corrected chi connectivity index (χ2v) is 4.26. The number of aliphatic hydroxyl groups excluding tert-OH is 1. The first-order valence-corrected chi connectivity index (χ1v) is 5.47. The number of hydrogen-bond donors (Lipinski definition) is 1. The first kappa shape index (κ1) is 12.0. The minimum Gasteiger partial charge on any atom is -0.395 e. The summed E-state index contributed by atoms with van der Waals surface area (Å²) < 4.78 is 0. The van der Waals surface area contributed by atoms with Gasteiger partial charge in [0.05, 0.1) is 6.61 Å². The van der Waals surface area contributed by atoms with E-state index in [4.69, 9.17) is 0 Å². The van der Waals surface area contributed by atoms with E-state index in [1.165, 1.54) is 11.1 Å². The van der Waals surface area contributed by atoms with Gasteiger partial charge in [-0.3, -0.25) is 0 Å². The summed E-state index contributed by atoms with van der Waals surface area (Å²) in [6.45, 7) is 8.12. The zero-order valence-electron chi connectivity index (χ0n) is 9.66. The molecule has 0 heterocycles. The van der Waals surface area contributed by atoms with Crippen LogP contribution in [0.4, 0.5) is 0 Å². The number of benzene rings is 1. The quantitative estimate of drug-likeness (QED) is 0.731. The number of rotatable bonds is 5. The molecule has 1 N–H and O–H groups in total. The van der Waals surface area contributed by atoms with E-state index < -0.39 is 0 Å². The van der Waals surface area contributed by atoms with Crippen molar-refractivity contribution in [3.05, 3.63) is 48.0 Å². The van der Waals surface area contributed by atoms with Crippen LogP contribution in [0.15, 0.2) is 36.9 Å². The summed E-state index contributed by atoms with van der Waals surface area (Å²) in [6, 6.07) is 8.44. The number of aliphatic hydroxyl groups is 1. The second kappa shape index (κ2) is 5.13. The maximum Gasteiger partial charge on any atom is 0.0525 e. The van der Waals surface area contributed by atoms with Crippen LogP contribution in [0.5, 0.6) is 0 Å². The number of allylic oxidation sites excluding steroid dienone is 1. The molecule has 0 fully saturated rings. The van der Waals surface area contributed by atoms with Crippen molar-refractivity contribution >= 4 is 0 Å². The summed E-state index contributed by atoms with van der Waals surface area (Å²) in [5, 5.41) is 9.40. The molecule has 15 heavy (non-hydrogen) atoms. The predicted molar refractivity (Wildman–Crippen MR) is 65.1 cm³/mol. The lowest BCUT2D eigenvalue weighted by Gasteiger charge is -2.26. The zero-order chi connectivity index (χ0) is 11.3. The Labute approximate surface area is 92.5 Å². The van der Waals surface area contributed by atoms with E-state index in [0.717, 1.165) is 12.8 Å². The fourth-order valence-corrected chi connectivity index (χ4v) is 1.62. The van der Waals surface area contributed by atoms with Crippen LogP contribution in [-0.2, 0) is 11.8 Å². The molecule has 0 aliphatic carbocycles. The molecule has 0 aliphatic heterocycles. The van der Waals surface area contributed by atoms with E-state index in [0.29, 0.717) is 0 Å². The van der Waals surface area contributed by atoms with Crippen LogP contribution >= 0.6 is 0 Å². The van der Waals surface area contributed by atoms with Gasteiger partial charge in [0, 0.05) is 5.41 Å². The molecule has 0 aliphatic rings. The molecule has 1 nitrogen and oxygen atoms in total. The Bertz CT molecular complexity index is 307. The van der Waals surface area contributed by atoms with Crippen LogP contribution in [0.1, 0.15) is 31.4 Å². The molecular formula is C14H20O. The maximum absolute atomic E-state index is 9.40. The van der Waals surface area contributed by atoms with Crippen molar-refractivity contribution in [1.82, 2.24) is 0 Å². The van der Waals surface area contributed by atoms with E-state index in [1.807, 2.05) is 6.08 Å². The third-order valence-corrected chi connectivity index (χ3v) is 3.16. The Morgan fingerprint density at radius 3 is 2.33 bits per heavy atom. The van der Waals surface area contributed by atoms with Crippen molar-refractivity contribution in [1.29, 1.82) is 0 Å². The molecule has 0 saturated carbocycles. The maximum atomic E-state index is 9.40. The molecule has 1 unspecified atom stereocenters. The highest BCUT2D eigenvalue weighted by Gasteiger charge is 2.22. The summed E-state index contributed by atoms with van der Waals surface area (Å²) in [5.41, 5.74) is 2.37. The van der Waals surface area contributed by atoms with Gasteiger partial charge in [0.2, 0.25) is 0 Å². The van der Waals surface area contributed by atoms with Crippen molar-refractivity contribution in [3.63, 3.8) is 0 Å². The fourth-order valence-electron chi connectivity index (χ4n) is 1.62. The van der Waals surface area contributed by atoms with Gasteiger partial charge in [0.1, 0.15) is 0 Å². The Hall–Kier alpha value is -1.08. The monoisotopic (exact) mass is 204 g/mol. The van der Waals surface area contributed by atoms with Crippen molar-refractivity contribution in [2.24, 2.45) is 0 Å². The molecule has 1 heteroatoms. The van der Waals surface area contributed by atoms with Crippen molar-refractivity contribution in [3.8, 4) is 0 Å². The van der Waals surface area contributed by atoms with Gasteiger partial charge >= 0.3 is 0 Å². The Morgan fingerprint density at radius 2 is 1.93 bits per heavy atom. The largest absolute Gasteiger partial charge is 0.395 e. The molecule has 1 atom stereocenters. The van der Waals surface area contributed by atoms with Crippen LogP contribution in [0.25, 0.3) is 0 Å². The van der Waals surface area contributed by atoms with Gasteiger partial charge in [0.25, 0.3) is 0 Å². The van der Waals surface area contributed by atoms with Gasteiger partial charge in [-0.25, -0.2) is 0 Å². The van der Waals surface area contributed by atoms with Crippen molar-refractivity contribution < 1.29 is 5.11 Å². The summed E-state index contributed by atoms with van der Waals surface area (Å²) in [5.74, 6) is 0. The lowest BCUT2D eigenvalue weighted by atomic mass is 9.80. The lowest BCUT2D eigenvalue weighted by Crippen LogP contribution is -2.25. The molecule has 1 rings (SSSR count). The van der Waals surface area contributed by atoms with Gasteiger partial charge in [0.15, 0.2) is 0 Å². The highest BCUT2D eigenvalue weighted by atomic mass is 16.3. The van der Waals surface area contributed by atoms with Crippen LogP contribution in [-0.4, -0.2) is 11.7 Å². The molecule has 1 aromatic carbocycles. The third kappa shape index (κ3) is 2.69. The molecule has 0 amide bonds. The van der Waals surface area contributed by atoms with Gasteiger partial charge in [-0.05, 0) is 24.0 Å². The summed E-state index contributed by atoms with van der Waals surface area (Å²) in [7, 11) is 0. The Kier molecular flexibility index (Phi) is 4.10. The van der Waals surface area contributed by atoms with Crippen LogP contribution in [0, 0.1) is 0 Å². The second-order valence-electron chi connectivity index (χ2n) is 4.26. The zero-order valence-corrected chi connectivity index (χ0v) is 9.66. The average Bonchev–Trinajstić information content (AvgIpc) is 2.29. The molecule has 0 bridgehead atoms. The minimum absolute atomic E-state index is 0.104. The molecular weight excluding hydrogens is 184 g/mol. The molecule has 0 aromatic heterocycles. The molecule has 0 saturated heterocycles. The topological polar surface area (TPSA) is 20.2 Å². The highest BCUT2D eigenvalue weighted by molar-refractivity contribution is 5.29. The SMILES string of the molecule is C=CCc1ccc(C(C)(CC)CO)cc1. The minimum atomic E-state index is -0.104. The Morgan fingerprint density at radius 1 is 1.33 bits per heavy atom. The molecule has 0 radical (unpaired) electrons. The molecule has 82 valence electrons. The van der Waals surface area contributed by atoms with Gasteiger partial charge < -0.3 is 5.11 Å². The Balaban J connectivity index is 2.91. The van der Waals surface area contributed by atoms with Gasteiger partial charge in [-0.1, -0.05) is 44.2 Å². The highest BCUT2D eigenvalue weighted by Crippen LogP contribution is 2.26. The van der Waals surface area contributed by atoms with E-state index in [-0.39, 0.29) is 12.0 Å². The van der Waals surface area contributed by atoms with Crippen LogP contribution in [0.2, 0.25) is 0 Å². The molecule has 0 spiro atoms. The van der Waals surface area contributed by atoms with Crippen LogP contribution in [0.3, 0.4) is 0 Å². The first-order chi connectivity index (χ1) is 7.16. The fraction of sp³-hybridized carbons (Fsp3) is 0.429. The lowest BCUT2D eigenvalue weighted by molar-refractivity contribution is 0.201. The van der Waals surface area contributed by atoms with Crippen LogP contribution < -0.4 is 0 Å².